The van der Waals surface area contributed by atoms with E-state index in [9.17, 15) is 0 Å². The van der Waals surface area contributed by atoms with Crippen LogP contribution in [0.4, 0.5) is 5.69 Å². The first-order valence-corrected chi connectivity index (χ1v) is 5.00. The van der Waals surface area contributed by atoms with Crippen LogP contribution < -0.4 is 4.90 Å². The molecule has 0 aromatic heterocycles. The van der Waals surface area contributed by atoms with E-state index < -0.39 is 0 Å². The number of hydrogen-bond donors (Lipinski definition) is 1. The lowest BCUT2D eigenvalue weighted by molar-refractivity contribution is 1.07. The van der Waals surface area contributed by atoms with Gasteiger partial charge >= 0.3 is 0 Å². The van der Waals surface area contributed by atoms with Crippen molar-refractivity contribution in [1.82, 2.24) is 0 Å². The molecule has 0 heterocycles. The molecular formula is C11H17NS. The van der Waals surface area contributed by atoms with Gasteiger partial charge in [-0.25, -0.2) is 0 Å². The van der Waals surface area contributed by atoms with Crippen molar-refractivity contribution in [2.45, 2.75) is 19.1 Å². The number of thiol groups is 1. The van der Waals surface area contributed by atoms with Crippen LogP contribution in [0, 0.1) is 6.92 Å². The molecule has 1 aromatic rings. The van der Waals surface area contributed by atoms with Gasteiger partial charge in [0.2, 0.25) is 0 Å². The van der Waals surface area contributed by atoms with Crippen molar-refractivity contribution in [2.75, 3.05) is 19.0 Å². The minimum absolute atomic E-state index is 0.305. The van der Waals surface area contributed by atoms with Crippen LogP contribution in [-0.2, 0) is 0 Å². The summed E-state index contributed by atoms with van der Waals surface area (Å²) in [5.74, 6) is 0. The standard InChI is InChI=1S/C11H17NS/c1-8-5-6-10(9(2)13)7-11(8)12(3)4/h5-7,9,13H,1-4H3. The molecule has 0 saturated heterocycles. The lowest BCUT2D eigenvalue weighted by Crippen LogP contribution is -2.10. The highest BCUT2D eigenvalue weighted by Crippen LogP contribution is 2.25. The Labute approximate surface area is 86.2 Å². The van der Waals surface area contributed by atoms with Crippen LogP contribution in [0.3, 0.4) is 0 Å². The molecular weight excluding hydrogens is 178 g/mol. The second-order valence-electron chi connectivity index (χ2n) is 3.62. The zero-order chi connectivity index (χ0) is 10.0. The first-order chi connectivity index (χ1) is 6.02. The lowest BCUT2D eigenvalue weighted by atomic mass is 10.1. The molecule has 0 aliphatic rings. The van der Waals surface area contributed by atoms with E-state index >= 15 is 0 Å². The summed E-state index contributed by atoms with van der Waals surface area (Å²) >= 11 is 4.42. The van der Waals surface area contributed by atoms with Crippen LogP contribution in [0.25, 0.3) is 0 Å². The zero-order valence-electron chi connectivity index (χ0n) is 8.70. The van der Waals surface area contributed by atoms with Crippen LogP contribution in [0.2, 0.25) is 0 Å². The van der Waals surface area contributed by atoms with Crippen LogP contribution in [0.1, 0.15) is 23.3 Å². The van der Waals surface area contributed by atoms with Gasteiger partial charge in [0.25, 0.3) is 0 Å². The summed E-state index contributed by atoms with van der Waals surface area (Å²) in [6.45, 7) is 4.22. The fraction of sp³-hybridized carbons (Fsp3) is 0.455. The lowest BCUT2D eigenvalue weighted by Gasteiger charge is -2.17. The summed E-state index contributed by atoms with van der Waals surface area (Å²) in [6, 6.07) is 6.49. The molecule has 0 bridgehead atoms. The summed E-state index contributed by atoms with van der Waals surface area (Å²) in [7, 11) is 4.13. The molecule has 0 amide bonds. The molecule has 0 aliphatic heterocycles. The highest BCUT2D eigenvalue weighted by Gasteiger charge is 2.04. The predicted octanol–water partition coefficient (Wildman–Crippen LogP) is 3.05. The molecule has 72 valence electrons. The minimum atomic E-state index is 0.305. The van der Waals surface area contributed by atoms with Crippen molar-refractivity contribution in [2.24, 2.45) is 0 Å². The van der Waals surface area contributed by atoms with E-state index in [0.717, 1.165) is 0 Å². The third-order valence-corrected chi connectivity index (χ3v) is 2.50. The summed E-state index contributed by atoms with van der Waals surface area (Å²) in [6.07, 6.45) is 0. The maximum absolute atomic E-state index is 4.42. The average molecular weight is 195 g/mol. The van der Waals surface area contributed by atoms with Crippen molar-refractivity contribution < 1.29 is 0 Å². The highest BCUT2D eigenvalue weighted by molar-refractivity contribution is 7.80. The Bertz CT molecular complexity index is 292. The number of nitrogens with zero attached hydrogens (tertiary/aromatic N) is 1. The minimum Gasteiger partial charge on any atom is -0.377 e. The molecule has 1 nitrogen and oxygen atoms in total. The van der Waals surface area contributed by atoms with Gasteiger partial charge in [0, 0.05) is 25.0 Å². The normalized spacial score (nSPS) is 12.7. The van der Waals surface area contributed by atoms with E-state index in [0.29, 0.717) is 5.25 Å². The molecule has 0 aliphatic carbocycles. The Hall–Kier alpha value is -0.630. The van der Waals surface area contributed by atoms with E-state index in [1.807, 2.05) is 0 Å². The van der Waals surface area contributed by atoms with Crippen LogP contribution in [0.15, 0.2) is 18.2 Å². The molecule has 0 radical (unpaired) electrons. The number of rotatable bonds is 2. The first-order valence-electron chi connectivity index (χ1n) is 4.48. The van der Waals surface area contributed by atoms with Crippen molar-refractivity contribution in [3.05, 3.63) is 29.3 Å². The Morgan fingerprint density at radius 1 is 1.31 bits per heavy atom. The van der Waals surface area contributed by atoms with Gasteiger partial charge in [0.05, 0.1) is 0 Å². The molecule has 0 saturated carbocycles. The molecule has 1 unspecified atom stereocenters. The Morgan fingerprint density at radius 3 is 2.38 bits per heavy atom. The molecule has 0 N–H and O–H groups in total. The van der Waals surface area contributed by atoms with Crippen molar-refractivity contribution in [3.63, 3.8) is 0 Å². The van der Waals surface area contributed by atoms with E-state index in [2.05, 4.69) is 63.7 Å². The smallest absolute Gasteiger partial charge is 0.0393 e. The van der Waals surface area contributed by atoms with Crippen molar-refractivity contribution in [3.8, 4) is 0 Å². The Kier molecular flexibility index (Phi) is 3.26. The molecule has 13 heavy (non-hydrogen) atoms. The zero-order valence-corrected chi connectivity index (χ0v) is 9.60. The molecule has 0 fully saturated rings. The van der Waals surface area contributed by atoms with E-state index in [-0.39, 0.29) is 0 Å². The summed E-state index contributed by atoms with van der Waals surface area (Å²) < 4.78 is 0. The fourth-order valence-corrected chi connectivity index (χ4v) is 1.53. The molecule has 1 aromatic carbocycles. The maximum Gasteiger partial charge on any atom is 0.0393 e. The number of benzene rings is 1. The third-order valence-electron chi connectivity index (χ3n) is 2.20. The van der Waals surface area contributed by atoms with Crippen molar-refractivity contribution in [1.29, 1.82) is 0 Å². The molecule has 2 heteroatoms. The molecule has 1 rings (SSSR count). The van der Waals surface area contributed by atoms with Gasteiger partial charge in [0.15, 0.2) is 0 Å². The maximum atomic E-state index is 4.42. The van der Waals surface area contributed by atoms with Crippen LogP contribution in [-0.4, -0.2) is 14.1 Å². The van der Waals surface area contributed by atoms with Gasteiger partial charge < -0.3 is 4.90 Å². The number of hydrogen-bond acceptors (Lipinski definition) is 2. The van der Waals surface area contributed by atoms with Gasteiger partial charge in [-0.05, 0) is 31.0 Å². The van der Waals surface area contributed by atoms with Crippen LogP contribution >= 0.6 is 12.6 Å². The summed E-state index contributed by atoms with van der Waals surface area (Å²) in [5, 5.41) is 0.305. The second kappa shape index (κ2) is 4.05. The quantitative estimate of drug-likeness (QED) is 0.710. The monoisotopic (exact) mass is 195 g/mol. The van der Waals surface area contributed by atoms with Gasteiger partial charge in [-0.2, -0.15) is 12.6 Å². The number of anilines is 1. The largest absolute Gasteiger partial charge is 0.377 e. The summed E-state index contributed by atoms with van der Waals surface area (Å²) in [5.41, 5.74) is 3.86. The van der Waals surface area contributed by atoms with Crippen molar-refractivity contribution >= 4 is 18.3 Å². The van der Waals surface area contributed by atoms with E-state index in [1.54, 1.807) is 0 Å². The van der Waals surface area contributed by atoms with Crippen LogP contribution in [0.5, 0.6) is 0 Å². The van der Waals surface area contributed by atoms with Gasteiger partial charge in [-0.15, -0.1) is 0 Å². The molecule has 1 atom stereocenters. The predicted molar refractivity (Wildman–Crippen MR) is 62.9 cm³/mol. The third kappa shape index (κ3) is 2.41. The number of aryl methyl sites for hydroxylation is 1. The van der Waals surface area contributed by atoms with E-state index in [1.165, 1.54) is 16.8 Å². The van der Waals surface area contributed by atoms with E-state index in [4.69, 9.17) is 0 Å². The highest BCUT2D eigenvalue weighted by atomic mass is 32.1. The summed E-state index contributed by atoms with van der Waals surface area (Å²) in [4.78, 5) is 2.13. The SMILES string of the molecule is Cc1ccc(C(C)S)cc1N(C)C. The second-order valence-corrected chi connectivity index (χ2v) is 4.39. The van der Waals surface area contributed by atoms with Gasteiger partial charge in [-0.1, -0.05) is 12.1 Å². The first kappa shape index (κ1) is 10.5. The fourth-order valence-electron chi connectivity index (χ4n) is 1.37. The Balaban J connectivity index is 3.11. The average Bonchev–Trinajstić information content (AvgIpc) is 2.04. The Morgan fingerprint density at radius 2 is 1.92 bits per heavy atom. The van der Waals surface area contributed by atoms with Gasteiger partial charge in [-0.3, -0.25) is 0 Å². The topological polar surface area (TPSA) is 3.24 Å². The molecule has 0 spiro atoms. The van der Waals surface area contributed by atoms with Gasteiger partial charge in [0.1, 0.15) is 0 Å².